The van der Waals surface area contributed by atoms with E-state index in [-0.39, 0.29) is 11.7 Å². The van der Waals surface area contributed by atoms with E-state index in [1.165, 1.54) is 17.4 Å². The lowest BCUT2D eigenvalue weighted by molar-refractivity contribution is -0.894. The largest absolute Gasteiger partial charge is 0.334 e. The van der Waals surface area contributed by atoms with Gasteiger partial charge in [0.15, 0.2) is 10.9 Å². The van der Waals surface area contributed by atoms with Crippen LogP contribution >= 0.6 is 11.3 Å². The van der Waals surface area contributed by atoms with Gasteiger partial charge in [0, 0.05) is 11.1 Å². The highest BCUT2D eigenvalue weighted by molar-refractivity contribution is 7.22. The molecular weight excluding hydrogens is 394 g/mol. The topological polar surface area (TPSA) is 54.7 Å². The average molecular weight is 425 g/mol. The van der Waals surface area contributed by atoms with E-state index in [2.05, 4.69) is 39.8 Å². The molecule has 3 rings (SSSR count). The molecule has 0 saturated carbocycles. The van der Waals surface area contributed by atoms with Crippen molar-refractivity contribution in [1.82, 2.24) is 4.98 Å². The molecule has 0 radical (unpaired) electrons. The Hall–Kier alpha value is -2.57. The van der Waals surface area contributed by atoms with Crippen molar-refractivity contribution in [3.05, 3.63) is 58.7 Å². The number of hydrogen-bond donors (Lipinski definition) is 1. The molecule has 0 bridgehead atoms. The zero-order valence-corrected chi connectivity index (χ0v) is 19.2. The Kier molecular flexibility index (Phi) is 7.00. The summed E-state index contributed by atoms with van der Waals surface area (Å²) in [7, 11) is 0. The van der Waals surface area contributed by atoms with Crippen LogP contribution in [0.15, 0.2) is 36.4 Å². The lowest BCUT2D eigenvalue weighted by Gasteiger charge is -2.23. The lowest BCUT2D eigenvalue weighted by atomic mass is 10.1. The Morgan fingerprint density at radius 3 is 2.27 bits per heavy atom. The fourth-order valence-corrected chi connectivity index (χ4v) is 4.80. The molecule has 6 heteroatoms. The fourth-order valence-electron chi connectivity index (χ4n) is 3.64. The Bertz CT molecular complexity index is 1050. The summed E-state index contributed by atoms with van der Waals surface area (Å²) in [5, 5.41) is 0.728. The van der Waals surface area contributed by atoms with Crippen LogP contribution in [0.2, 0.25) is 0 Å². The first-order valence-corrected chi connectivity index (χ1v) is 11.3. The predicted octanol–water partition coefficient (Wildman–Crippen LogP) is 3.69. The van der Waals surface area contributed by atoms with Crippen molar-refractivity contribution in [1.29, 1.82) is 0 Å². The summed E-state index contributed by atoms with van der Waals surface area (Å²) < 4.78 is 1.10. The first-order chi connectivity index (χ1) is 14.3. The van der Waals surface area contributed by atoms with Gasteiger partial charge in [-0.3, -0.25) is 14.5 Å². The molecule has 0 unspecified atom stereocenters. The van der Waals surface area contributed by atoms with Crippen LogP contribution in [0.1, 0.15) is 52.6 Å². The van der Waals surface area contributed by atoms with Gasteiger partial charge in [0.2, 0.25) is 0 Å². The highest BCUT2D eigenvalue weighted by Crippen LogP contribution is 2.32. The highest BCUT2D eigenvalue weighted by Gasteiger charge is 2.23. The van der Waals surface area contributed by atoms with E-state index in [0.717, 1.165) is 40.5 Å². The van der Waals surface area contributed by atoms with Crippen molar-refractivity contribution in [2.75, 3.05) is 31.1 Å². The number of likely N-dealkylation sites (N-methyl/N-ethyl adjacent to an activating group) is 1. The molecule has 0 aliphatic rings. The summed E-state index contributed by atoms with van der Waals surface area (Å²) in [6, 6.07) is 11.2. The third-order valence-electron chi connectivity index (χ3n) is 5.52. The number of quaternary nitrogens is 1. The number of thiazole rings is 1. The number of Topliss-reactive ketones (excluding diaryl/α,β-unsaturated/α-hetero) is 1. The van der Waals surface area contributed by atoms with Gasteiger partial charge in [0.25, 0.3) is 5.91 Å². The maximum absolute atomic E-state index is 13.4. The Balaban J connectivity index is 1.98. The van der Waals surface area contributed by atoms with E-state index in [4.69, 9.17) is 4.98 Å². The molecule has 158 valence electrons. The summed E-state index contributed by atoms with van der Waals surface area (Å²) >= 11 is 1.56. The van der Waals surface area contributed by atoms with Crippen LogP contribution < -0.4 is 9.80 Å². The minimum absolute atomic E-state index is 0.00648. The van der Waals surface area contributed by atoms with E-state index in [1.807, 2.05) is 0 Å². The van der Waals surface area contributed by atoms with Crippen molar-refractivity contribution < 1.29 is 14.5 Å². The minimum atomic E-state index is -0.0786. The van der Waals surface area contributed by atoms with E-state index in [9.17, 15) is 9.59 Å². The number of benzene rings is 2. The van der Waals surface area contributed by atoms with E-state index in [1.54, 1.807) is 40.5 Å². The van der Waals surface area contributed by atoms with Gasteiger partial charge >= 0.3 is 0 Å². The SMILES string of the molecule is CC[NH+](CC)CCN(C(=O)c1ccc(C(C)=O)cc1)c1nc2c(C)cc(C)cc2s1. The summed E-state index contributed by atoms with van der Waals surface area (Å²) in [5.41, 5.74) is 4.46. The summed E-state index contributed by atoms with van der Waals surface area (Å²) in [5.74, 6) is -0.0851. The maximum atomic E-state index is 13.4. The first kappa shape index (κ1) is 22.1. The minimum Gasteiger partial charge on any atom is -0.334 e. The molecule has 1 N–H and O–H groups in total. The second kappa shape index (κ2) is 9.49. The number of nitrogens with one attached hydrogen (secondary N) is 1. The van der Waals surface area contributed by atoms with Crippen molar-refractivity contribution in [2.45, 2.75) is 34.6 Å². The Morgan fingerprint density at radius 1 is 1.03 bits per heavy atom. The normalized spacial score (nSPS) is 11.3. The van der Waals surface area contributed by atoms with Gasteiger partial charge in [-0.2, -0.15) is 0 Å². The molecule has 0 spiro atoms. The molecule has 30 heavy (non-hydrogen) atoms. The van der Waals surface area contributed by atoms with Gasteiger partial charge in [-0.25, -0.2) is 4.98 Å². The molecule has 0 fully saturated rings. The van der Waals surface area contributed by atoms with Gasteiger partial charge in [-0.05, 0) is 63.9 Å². The third-order valence-corrected chi connectivity index (χ3v) is 6.55. The molecule has 0 atom stereocenters. The van der Waals surface area contributed by atoms with Gasteiger partial charge in [0.1, 0.15) is 0 Å². The van der Waals surface area contributed by atoms with Crippen LogP contribution in [0.5, 0.6) is 0 Å². The van der Waals surface area contributed by atoms with Crippen molar-refractivity contribution in [2.24, 2.45) is 0 Å². The number of hydrogen-bond acceptors (Lipinski definition) is 4. The molecule has 5 nitrogen and oxygen atoms in total. The number of nitrogens with zero attached hydrogens (tertiary/aromatic N) is 2. The number of anilines is 1. The standard InChI is InChI=1S/C24H29N3O2S/c1-6-26(7-2)12-13-27(23(29)20-10-8-19(9-11-20)18(5)28)24-25-22-17(4)14-16(3)15-21(22)30-24/h8-11,14-15H,6-7,12-13H2,1-5H3/p+1. The van der Waals surface area contributed by atoms with Crippen LogP contribution in [0.25, 0.3) is 10.2 Å². The number of aromatic nitrogens is 1. The van der Waals surface area contributed by atoms with Gasteiger partial charge in [0.05, 0.1) is 36.4 Å². The molecule has 0 aliphatic carbocycles. The molecule has 1 aromatic heterocycles. The third kappa shape index (κ3) is 4.77. The second-order valence-electron chi connectivity index (χ2n) is 7.72. The van der Waals surface area contributed by atoms with Crippen LogP contribution in [-0.2, 0) is 0 Å². The van der Waals surface area contributed by atoms with Gasteiger partial charge in [-0.15, -0.1) is 0 Å². The van der Waals surface area contributed by atoms with Crippen molar-refractivity contribution in [3.63, 3.8) is 0 Å². The number of amides is 1. The van der Waals surface area contributed by atoms with Gasteiger partial charge in [-0.1, -0.05) is 29.5 Å². The number of aryl methyl sites for hydroxylation is 2. The quantitative estimate of drug-likeness (QED) is 0.561. The predicted molar refractivity (Wildman–Crippen MR) is 124 cm³/mol. The summed E-state index contributed by atoms with van der Waals surface area (Å²) in [6.07, 6.45) is 0. The second-order valence-corrected chi connectivity index (χ2v) is 8.73. The number of carbonyl (C=O) groups is 2. The van der Waals surface area contributed by atoms with E-state index < -0.39 is 0 Å². The number of fused-ring (bicyclic) bond motifs is 1. The maximum Gasteiger partial charge on any atom is 0.260 e. The molecule has 1 amide bonds. The molecule has 3 aromatic rings. The molecule has 0 saturated heterocycles. The number of rotatable bonds is 8. The zero-order valence-electron chi connectivity index (χ0n) is 18.4. The van der Waals surface area contributed by atoms with Crippen LogP contribution in [0.4, 0.5) is 5.13 Å². The fraction of sp³-hybridized carbons (Fsp3) is 0.375. The van der Waals surface area contributed by atoms with E-state index in [0.29, 0.717) is 17.7 Å². The van der Waals surface area contributed by atoms with Crippen LogP contribution in [-0.4, -0.2) is 42.9 Å². The first-order valence-electron chi connectivity index (χ1n) is 10.5. The number of carbonyl (C=O) groups excluding carboxylic acids is 2. The number of ketones is 1. The Labute approximate surface area is 182 Å². The summed E-state index contributed by atoms with van der Waals surface area (Å²) in [4.78, 5) is 33.1. The zero-order chi connectivity index (χ0) is 21.8. The van der Waals surface area contributed by atoms with Crippen LogP contribution in [0, 0.1) is 13.8 Å². The molecule has 0 aliphatic heterocycles. The summed E-state index contributed by atoms with van der Waals surface area (Å²) in [6.45, 7) is 13.5. The molecule has 2 aromatic carbocycles. The Morgan fingerprint density at radius 2 is 1.67 bits per heavy atom. The van der Waals surface area contributed by atoms with E-state index >= 15 is 0 Å². The highest BCUT2D eigenvalue weighted by atomic mass is 32.1. The average Bonchev–Trinajstić information content (AvgIpc) is 3.15. The smallest absolute Gasteiger partial charge is 0.260 e. The van der Waals surface area contributed by atoms with Crippen LogP contribution in [0.3, 0.4) is 0 Å². The van der Waals surface area contributed by atoms with Crippen molar-refractivity contribution >= 4 is 38.4 Å². The molecular formula is C24H30N3O2S+. The monoisotopic (exact) mass is 424 g/mol. The lowest BCUT2D eigenvalue weighted by Crippen LogP contribution is -3.12. The van der Waals surface area contributed by atoms with Gasteiger partial charge < -0.3 is 4.90 Å². The van der Waals surface area contributed by atoms with Crippen molar-refractivity contribution in [3.8, 4) is 0 Å². The molecule has 1 heterocycles.